The van der Waals surface area contributed by atoms with Gasteiger partial charge < -0.3 is 33.3 Å². The van der Waals surface area contributed by atoms with E-state index in [4.69, 9.17) is 18.9 Å². The number of unbranched alkanes of at least 4 members (excludes halogenated alkanes) is 18. The molecule has 0 heterocycles. The fourth-order valence-electron chi connectivity index (χ4n) is 8.18. The van der Waals surface area contributed by atoms with Crippen LogP contribution in [0.3, 0.4) is 0 Å². The lowest BCUT2D eigenvalue weighted by atomic mass is 10.1. The SMILES string of the molecule is CC/C=C\C/C=C\C/C=C\C/C=C\C/C=C\C/C=C\C/C=C\C/C=C\C/C=C\CCCCCCCCCCCC(=O)OC(COC(=O)CCCCCCCC/C=C\C/C=C\C/C=C\CCCCC)COC(OCC[N+](C)(C)C)C(=O)[O-]. The highest BCUT2D eigenvalue weighted by Crippen LogP contribution is 2.14. The molecule has 9 nitrogen and oxygen atoms in total. The van der Waals surface area contributed by atoms with E-state index < -0.39 is 24.3 Å². The van der Waals surface area contributed by atoms with Gasteiger partial charge in [-0.05, 0) is 122 Å². The summed E-state index contributed by atoms with van der Waals surface area (Å²) in [5.41, 5.74) is 0. The van der Waals surface area contributed by atoms with Crippen LogP contribution in [0.4, 0.5) is 0 Å². The maximum Gasteiger partial charge on any atom is 0.306 e. The number of carbonyl (C=O) groups is 3. The summed E-state index contributed by atoms with van der Waals surface area (Å²) in [7, 11) is 5.91. The first-order valence-electron chi connectivity index (χ1n) is 32.0. The molecule has 0 saturated carbocycles. The summed E-state index contributed by atoms with van der Waals surface area (Å²) in [5, 5.41) is 11.8. The van der Waals surface area contributed by atoms with Crippen LogP contribution in [0.15, 0.2) is 146 Å². The summed E-state index contributed by atoms with van der Waals surface area (Å²) in [6.07, 6.45) is 86.1. The standard InChI is InChI=1S/C72H117NO8/c1-6-8-10-12-14-16-18-20-22-24-26-27-28-29-30-31-32-33-34-35-36-37-38-39-40-41-42-43-45-47-49-51-53-55-57-59-61-63-70(75)81-68(67-80-72(71(76)77)78-65-64-73(3,4)5)66-79-69(74)62-60-58-56-54-52-50-48-46-44-25-23-21-19-17-15-13-11-9-7-2/h8,10,14-17,20-23,26-27,29-30,32-33,35-36,38-39,41-42,44,46,68,72H,6-7,9,11-13,18-19,24-25,28,31,34,37,40,43,45,47-67H2,1-5H3/b10-8-,16-14-,17-15-,22-20-,23-21-,27-26-,30-29-,33-32-,36-35-,39-38-,42-41-,46-44-. The molecule has 0 bridgehead atoms. The van der Waals surface area contributed by atoms with E-state index in [9.17, 15) is 19.5 Å². The molecular formula is C72H117NO8. The molecule has 0 amide bonds. The Hall–Kier alpha value is -4.83. The number of carboxylic acid groups (broad SMARTS) is 1. The average Bonchev–Trinajstić information content (AvgIpc) is 3.44. The minimum atomic E-state index is -1.64. The van der Waals surface area contributed by atoms with E-state index in [1.54, 1.807) is 0 Å². The average molecular weight is 1120 g/mol. The number of hydrogen-bond acceptors (Lipinski definition) is 8. The molecule has 0 fully saturated rings. The number of rotatable bonds is 57. The molecule has 81 heavy (non-hydrogen) atoms. The second-order valence-electron chi connectivity index (χ2n) is 22.0. The lowest BCUT2D eigenvalue weighted by molar-refractivity contribution is -0.870. The number of nitrogens with zero attached hydrogens (tertiary/aromatic N) is 1. The number of hydrogen-bond donors (Lipinski definition) is 0. The molecule has 9 heteroatoms. The van der Waals surface area contributed by atoms with E-state index in [1.807, 2.05) is 21.1 Å². The second kappa shape index (κ2) is 61.2. The molecule has 0 aliphatic rings. The Balaban J connectivity index is 4.23. The molecule has 0 aromatic heterocycles. The van der Waals surface area contributed by atoms with Gasteiger partial charge in [0.25, 0.3) is 0 Å². The van der Waals surface area contributed by atoms with Crippen molar-refractivity contribution in [1.29, 1.82) is 0 Å². The summed E-state index contributed by atoms with van der Waals surface area (Å²) in [6.45, 7) is 4.57. The number of allylic oxidation sites excluding steroid dienone is 24. The summed E-state index contributed by atoms with van der Waals surface area (Å²) in [5.74, 6) is -2.32. The van der Waals surface area contributed by atoms with E-state index >= 15 is 0 Å². The fourth-order valence-corrected chi connectivity index (χ4v) is 8.18. The number of likely N-dealkylation sites (N-methyl/N-ethyl adjacent to an activating group) is 1. The third-order valence-corrected chi connectivity index (χ3v) is 13.1. The molecule has 0 radical (unpaired) electrons. The summed E-state index contributed by atoms with van der Waals surface area (Å²) in [6, 6.07) is 0. The molecule has 2 unspecified atom stereocenters. The van der Waals surface area contributed by atoms with Crippen molar-refractivity contribution >= 4 is 17.9 Å². The van der Waals surface area contributed by atoms with Gasteiger partial charge in [0.05, 0.1) is 40.3 Å². The Morgan fingerprint density at radius 1 is 0.383 bits per heavy atom. The summed E-state index contributed by atoms with van der Waals surface area (Å²) in [4.78, 5) is 37.4. The van der Waals surface area contributed by atoms with Crippen LogP contribution in [0.5, 0.6) is 0 Å². The van der Waals surface area contributed by atoms with Gasteiger partial charge in [0.2, 0.25) is 0 Å². The van der Waals surface area contributed by atoms with E-state index in [2.05, 4.69) is 160 Å². The van der Waals surface area contributed by atoms with Crippen LogP contribution >= 0.6 is 0 Å². The molecule has 0 rings (SSSR count). The van der Waals surface area contributed by atoms with Gasteiger partial charge in [-0.1, -0.05) is 243 Å². The van der Waals surface area contributed by atoms with Gasteiger partial charge in [0, 0.05) is 12.8 Å². The van der Waals surface area contributed by atoms with Crippen molar-refractivity contribution in [2.75, 3.05) is 47.5 Å². The largest absolute Gasteiger partial charge is 0.545 e. The minimum Gasteiger partial charge on any atom is -0.545 e. The Labute approximate surface area is 496 Å². The highest BCUT2D eigenvalue weighted by Gasteiger charge is 2.22. The maximum absolute atomic E-state index is 12.9. The normalized spacial score (nSPS) is 13.7. The topological polar surface area (TPSA) is 111 Å². The van der Waals surface area contributed by atoms with Gasteiger partial charge in [-0.2, -0.15) is 0 Å². The van der Waals surface area contributed by atoms with Crippen LogP contribution in [0, 0.1) is 0 Å². The minimum absolute atomic E-state index is 0.137. The molecule has 458 valence electrons. The zero-order valence-corrected chi connectivity index (χ0v) is 52.1. The van der Waals surface area contributed by atoms with Gasteiger partial charge in [-0.25, -0.2) is 0 Å². The van der Waals surface area contributed by atoms with Gasteiger partial charge in [-0.3, -0.25) is 9.59 Å². The van der Waals surface area contributed by atoms with Crippen molar-refractivity contribution in [3.8, 4) is 0 Å². The quantitative estimate of drug-likeness (QED) is 0.0195. The first kappa shape index (κ1) is 76.2. The van der Waals surface area contributed by atoms with Crippen molar-refractivity contribution in [1.82, 2.24) is 0 Å². The monoisotopic (exact) mass is 1120 g/mol. The molecular weight excluding hydrogens is 1010 g/mol. The van der Waals surface area contributed by atoms with Gasteiger partial charge in [0.15, 0.2) is 12.4 Å². The van der Waals surface area contributed by atoms with E-state index in [0.29, 0.717) is 17.4 Å². The van der Waals surface area contributed by atoms with Crippen LogP contribution in [0.2, 0.25) is 0 Å². The van der Waals surface area contributed by atoms with Crippen molar-refractivity contribution in [3.05, 3.63) is 146 Å². The van der Waals surface area contributed by atoms with E-state index in [-0.39, 0.29) is 38.6 Å². The molecule has 0 aromatic carbocycles. The number of esters is 2. The number of ether oxygens (including phenoxy) is 4. The Morgan fingerprint density at radius 2 is 0.704 bits per heavy atom. The Kier molecular flexibility index (Phi) is 57.6. The van der Waals surface area contributed by atoms with Crippen LogP contribution in [0.1, 0.15) is 232 Å². The van der Waals surface area contributed by atoms with Crippen molar-refractivity contribution < 1.29 is 42.9 Å². The Morgan fingerprint density at radius 3 is 1.05 bits per heavy atom. The van der Waals surface area contributed by atoms with Crippen molar-refractivity contribution in [3.63, 3.8) is 0 Å². The predicted octanol–water partition coefficient (Wildman–Crippen LogP) is 18.2. The highest BCUT2D eigenvalue weighted by molar-refractivity contribution is 5.70. The Bertz CT molecular complexity index is 1840. The zero-order chi connectivity index (χ0) is 59.1. The van der Waals surface area contributed by atoms with Crippen LogP contribution in [0.25, 0.3) is 0 Å². The molecule has 0 aromatic rings. The van der Waals surface area contributed by atoms with Crippen molar-refractivity contribution in [2.24, 2.45) is 0 Å². The molecule has 0 aliphatic carbocycles. The molecule has 0 aliphatic heterocycles. The molecule has 2 atom stereocenters. The maximum atomic E-state index is 12.9. The fraction of sp³-hybridized carbons (Fsp3) is 0.625. The van der Waals surface area contributed by atoms with Gasteiger partial charge in [0.1, 0.15) is 13.2 Å². The first-order valence-corrected chi connectivity index (χ1v) is 32.0. The van der Waals surface area contributed by atoms with Gasteiger partial charge >= 0.3 is 11.9 Å². The lowest BCUT2D eigenvalue weighted by Gasteiger charge is -2.26. The number of carbonyl (C=O) groups excluding carboxylic acids is 3. The number of quaternary nitrogens is 1. The second-order valence-corrected chi connectivity index (χ2v) is 22.0. The van der Waals surface area contributed by atoms with Crippen LogP contribution in [-0.4, -0.2) is 82.3 Å². The van der Waals surface area contributed by atoms with Crippen LogP contribution in [-0.2, 0) is 33.3 Å². The van der Waals surface area contributed by atoms with Crippen LogP contribution < -0.4 is 5.11 Å². The molecule has 0 spiro atoms. The zero-order valence-electron chi connectivity index (χ0n) is 52.1. The van der Waals surface area contributed by atoms with E-state index in [0.717, 1.165) is 135 Å². The molecule has 0 saturated heterocycles. The third-order valence-electron chi connectivity index (χ3n) is 13.1. The number of aliphatic carboxylic acids is 1. The molecule has 0 N–H and O–H groups in total. The smallest absolute Gasteiger partial charge is 0.306 e. The van der Waals surface area contributed by atoms with Crippen molar-refractivity contribution in [2.45, 2.75) is 245 Å². The highest BCUT2D eigenvalue weighted by atomic mass is 16.7. The predicted molar refractivity (Wildman–Crippen MR) is 342 cm³/mol. The van der Waals surface area contributed by atoms with Gasteiger partial charge in [-0.15, -0.1) is 0 Å². The first-order chi connectivity index (χ1) is 39.6. The summed E-state index contributed by atoms with van der Waals surface area (Å²) >= 11 is 0. The number of carboxylic acids is 1. The van der Waals surface area contributed by atoms with E-state index in [1.165, 1.54) is 64.2 Å². The lowest BCUT2D eigenvalue weighted by Crippen LogP contribution is -2.44. The summed E-state index contributed by atoms with van der Waals surface area (Å²) < 4.78 is 22.7. The third kappa shape index (κ3) is 62.6.